The Labute approximate surface area is 178 Å². The number of benzene rings is 2. The SMILES string of the molecule is Cn1c(=O)c(S(=O)(=O)Nc2cc(Sc3ncn[nH]3)c(O)c3ccccc23)cn(N)c1=O. The molecule has 0 radical (unpaired) electrons. The van der Waals surface area contributed by atoms with Crippen molar-refractivity contribution < 1.29 is 13.5 Å². The summed E-state index contributed by atoms with van der Waals surface area (Å²) in [6, 6.07) is 7.99. The molecule has 14 heteroatoms. The van der Waals surface area contributed by atoms with Crippen LogP contribution in [0.1, 0.15) is 0 Å². The lowest BCUT2D eigenvalue weighted by Gasteiger charge is -2.14. The highest BCUT2D eigenvalue weighted by Gasteiger charge is 2.24. The van der Waals surface area contributed by atoms with Crippen LogP contribution in [-0.4, -0.2) is 37.9 Å². The fraction of sp³-hybridized carbons (Fsp3) is 0.0588. The quantitative estimate of drug-likeness (QED) is 0.238. The van der Waals surface area contributed by atoms with Gasteiger partial charge in [0.25, 0.3) is 15.6 Å². The summed E-state index contributed by atoms with van der Waals surface area (Å²) in [7, 11) is -3.32. The number of nitrogen functional groups attached to an aromatic ring is 1. The van der Waals surface area contributed by atoms with Crippen LogP contribution in [0.4, 0.5) is 5.69 Å². The van der Waals surface area contributed by atoms with Gasteiger partial charge in [-0.3, -0.25) is 19.2 Å². The molecule has 0 amide bonds. The van der Waals surface area contributed by atoms with Crippen molar-refractivity contribution in [1.82, 2.24) is 24.4 Å². The van der Waals surface area contributed by atoms with Crippen LogP contribution in [0, 0.1) is 0 Å². The molecule has 0 saturated heterocycles. The Balaban J connectivity index is 1.87. The Hall–Kier alpha value is -3.78. The molecule has 2 aromatic heterocycles. The molecule has 0 aliphatic heterocycles. The molecule has 160 valence electrons. The van der Waals surface area contributed by atoms with Gasteiger partial charge in [0, 0.05) is 17.8 Å². The second-order valence-electron chi connectivity index (χ2n) is 6.36. The van der Waals surface area contributed by atoms with Crippen molar-refractivity contribution in [2.45, 2.75) is 14.9 Å². The number of phenolic OH excluding ortho intramolecular Hbond substituents is 1. The number of nitrogens with one attached hydrogen (secondary N) is 2. The third-order valence-electron chi connectivity index (χ3n) is 4.39. The Morgan fingerprint density at radius 1 is 1.23 bits per heavy atom. The molecule has 0 spiro atoms. The molecule has 0 aliphatic rings. The summed E-state index contributed by atoms with van der Waals surface area (Å²) in [5, 5.41) is 18.2. The standard InChI is InChI=1S/C17H15N7O5S2/c1-23-15(26)13(7-24(18)17(23)27)31(28,29)22-11-6-12(30-16-19-8-20-21-16)14(25)10-5-3-2-4-9(10)11/h2-8,22,25H,18H2,1H3,(H,19,20,21). The number of aromatic nitrogens is 5. The number of fused-ring (bicyclic) bond motifs is 1. The molecule has 0 aliphatic carbocycles. The fourth-order valence-corrected chi connectivity index (χ4v) is 4.87. The van der Waals surface area contributed by atoms with Gasteiger partial charge in [0.05, 0.1) is 16.8 Å². The summed E-state index contributed by atoms with van der Waals surface area (Å²) in [5.74, 6) is 5.41. The number of sulfonamides is 1. The van der Waals surface area contributed by atoms with Crippen LogP contribution in [0.25, 0.3) is 10.8 Å². The summed E-state index contributed by atoms with van der Waals surface area (Å²) in [5.41, 5.74) is -1.80. The molecule has 0 bridgehead atoms. The highest BCUT2D eigenvalue weighted by Crippen LogP contribution is 2.41. The van der Waals surface area contributed by atoms with Crippen molar-refractivity contribution in [2.75, 3.05) is 10.6 Å². The van der Waals surface area contributed by atoms with Crippen LogP contribution in [0.3, 0.4) is 0 Å². The van der Waals surface area contributed by atoms with Crippen molar-refractivity contribution in [3.8, 4) is 5.75 Å². The number of nitrogens with two attached hydrogens (primary N) is 1. The number of H-pyrrole nitrogens is 1. The Bertz CT molecular complexity index is 1530. The van der Waals surface area contributed by atoms with E-state index in [0.29, 0.717) is 30.1 Å². The van der Waals surface area contributed by atoms with Gasteiger partial charge in [-0.1, -0.05) is 24.3 Å². The van der Waals surface area contributed by atoms with E-state index in [9.17, 15) is 23.1 Å². The van der Waals surface area contributed by atoms with E-state index in [1.807, 2.05) is 0 Å². The van der Waals surface area contributed by atoms with Crippen LogP contribution in [0.2, 0.25) is 0 Å². The fourth-order valence-electron chi connectivity index (χ4n) is 2.89. The maximum Gasteiger partial charge on any atom is 0.349 e. The lowest BCUT2D eigenvalue weighted by Crippen LogP contribution is -2.43. The zero-order chi connectivity index (χ0) is 22.3. The number of rotatable bonds is 5. The first-order valence-corrected chi connectivity index (χ1v) is 10.9. The number of phenols is 1. The zero-order valence-electron chi connectivity index (χ0n) is 15.8. The van der Waals surface area contributed by atoms with E-state index in [1.54, 1.807) is 24.3 Å². The maximum atomic E-state index is 13.0. The van der Waals surface area contributed by atoms with E-state index < -0.39 is 26.2 Å². The van der Waals surface area contributed by atoms with Crippen LogP contribution in [-0.2, 0) is 17.1 Å². The van der Waals surface area contributed by atoms with E-state index in [-0.39, 0.29) is 11.4 Å². The molecule has 12 nitrogen and oxygen atoms in total. The second kappa shape index (κ2) is 7.48. The number of aromatic hydroxyl groups is 1. The van der Waals surface area contributed by atoms with Gasteiger partial charge in [-0.25, -0.2) is 22.9 Å². The van der Waals surface area contributed by atoms with E-state index in [1.165, 1.54) is 12.4 Å². The molecule has 0 saturated carbocycles. The van der Waals surface area contributed by atoms with Gasteiger partial charge in [-0.15, -0.1) is 0 Å². The Morgan fingerprint density at radius 2 is 1.94 bits per heavy atom. The first-order chi connectivity index (χ1) is 14.7. The Morgan fingerprint density at radius 3 is 2.61 bits per heavy atom. The molecule has 0 unspecified atom stereocenters. The van der Waals surface area contributed by atoms with E-state index in [2.05, 4.69) is 19.9 Å². The smallest absolute Gasteiger partial charge is 0.349 e. The number of anilines is 1. The molecule has 0 fully saturated rings. The van der Waals surface area contributed by atoms with Gasteiger partial charge in [0.2, 0.25) is 0 Å². The highest BCUT2D eigenvalue weighted by atomic mass is 32.2. The van der Waals surface area contributed by atoms with Gasteiger partial charge in [0.15, 0.2) is 10.1 Å². The normalized spacial score (nSPS) is 11.6. The minimum Gasteiger partial charge on any atom is -0.506 e. The first kappa shape index (κ1) is 20.5. The number of hydrogen-bond donors (Lipinski definition) is 4. The second-order valence-corrected chi connectivity index (χ2v) is 9.04. The summed E-state index contributed by atoms with van der Waals surface area (Å²) in [6.07, 6.45) is 2.04. The molecule has 0 atom stereocenters. The van der Waals surface area contributed by atoms with Crippen LogP contribution >= 0.6 is 11.8 Å². The summed E-state index contributed by atoms with van der Waals surface area (Å²) >= 11 is 1.04. The summed E-state index contributed by atoms with van der Waals surface area (Å²) in [6.45, 7) is 0. The van der Waals surface area contributed by atoms with Crippen LogP contribution in [0.5, 0.6) is 5.75 Å². The molecule has 4 aromatic rings. The molecule has 4 rings (SSSR count). The predicted molar refractivity (Wildman–Crippen MR) is 113 cm³/mol. The van der Waals surface area contributed by atoms with E-state index in [4.69, 9.17) is 5.84 Å². The van der Waals surface area contributed by atoms with Gasteiger partial charge in [-0.05, 0) is 17.8 Å². The number of hydrogen-bond acceptors (Lipinski definition) is 9. The van der Waals surface area contributed by atoms with Crippen molar-refractivity contribution >= 4 is 38.2 Å². The largest absolute Gasteiger partial charge is 0.506 e. The van der Waals surface area contributed by atoms with E-state index in [0.717, 1.165) is 25.0 Å². The van der Waals surface area contributed by atoms with E-state index >= 15 is 0 Å². The molecular weight excluding hydrogens is 446 g/mol. The van der Waals surface area contributed by atoms with Crippen molar-refractivity contribution in [3.05, 3.63) is 63.7 Å². The lowest BCUT2D eigenvalue weighted by molar-refractivity contribution is 0.469. The van der Waals surface area contributed by atoms with Crippen LogP contribution < -0.4 is 21.8 Å². The minimum absolute atomic E-state index is 0.0774. The Kier molecular flexibility index (Phi) is 4.94. The van der Waals surface area contributed by atoms with Crippen molar-refractivity contribution in [3.63, 3.8) is 0 Å². The highest BCUT2D eigenvalue weighted by molar-refractivity contribution is 7.99. The molecule has 2 heterocycles. The first-order valence-electron chi connectivity index (χ1n) is 8.57. The molecular formula is C17H15N7O5S2. The molecule has 2 aromatic carbocycles. The topological polar surface area (TPSA) is 178 Å². The summed E-state index contributed by atoms with van der Waals surface area (Å²) in [4.78, 5) is 27.7. The number of nitrogens with zero attached hydrogens (tertiary/aromatic N) is 4. The maximum absolute atomic E-state index is 13.0. The third-order valence-corrected chi connectivity index (χ3v) is 6.66. The summed E-state index contributed by atoms with van der Waals surface area (Å²) < 4.78 is 29.5. The van der Waals surface area contributed by atoms with Crippen molar-refractivity contribution in [1.29, 1.82) is 0 Å². The van der Waals surface area contributed by atoms with Gasteiger partial charge >= 0.3 is 5.69 Å². The predicted octanol–water partition coefficient (Wildman–Crippen LogP) is 0.190. The van der Waals surface area contributed by atoms with Crippen LogP contribution in [0.15, 0.2) is 67.4 Å². The lowest BCUT2D eigenvalue weighted by atomic mass is 10.1. The average molecular weight is 461 g/mol. The van der Waals surface area contributed by atoms with Crippen molar-refractivity contribution in [2.24, 2.45) is 7.05 Å². The zero-order valence-corrected chi connectivity index (χ0v) is 17.4. The monoisotopic (exact) mass is 461 g/mol. The van der Waals surface area contributed by atoms with Gasteiger partial charge in [0.1, 0.15) is 12.1 Å². The molecule has 5 N–H and O–H groups in total. The molecule has 31 heavy (non-hydrogen) atoms. The average Bonchev–Trinajstić information content (AvgIpc) is 3.25. The number of aromatic amines is 1. The minimum atomic E-state index is -4.44. The van der Waals surface area contributed by atoms with Gasteiger partial charge in [-0.2, -0.15) is 5.10 Å². The third kappa shape index (κ3) is 3.62. The van der Waals surface area contributed by atoms with Gasteiger partial charge < -0.3 is 10.9 Å².